The van der Waals surface area contributed by atoms with Crippen LogP contribution in [0.2, 0.25) is 0 Å². The van der Waals surface area contributed by atoms with Gasteiger partial charge in [0.25, 0.3) is 5.56 Å². The third kappa shape index (κ3) is 1.56. The molecule has 0 aliphatic carbocycles. The number of ether oxygens (including phenoxy) is 1. The van der Waals surface area contributed by atoms with E-state index < -0.39 is 5.97 Å². The number of aromatic amines is 1. The largest absolute Gasteiger partial charge is 0.465 e. The number of nitrogens with zero attached hydrogens (tertiary/aromatic N) is 1. The highest BCUT2D eigenvalue weighted by Gasteiger charge is 2.12. The van der Waals surface area contributed by atoms with Crippen LogP contribution in [0.15, 0.2) is 23.0 Å². The minimum atomic E-state index is -0.468. The number of carbonyl (C=O) groups excluding carboxylic acids is 1. The van der Waals surface area contributed by atoms with E-state index in [1.54, 1.807) is 25.1 Å². The monoisotopic (exact) mass is 218 g/mol. The first-order valence-corrected chi connectivity index (χ1v) is 4.71. The molecular weight excluding hydrogens is 208 g/mol. The van der Waals surface area contributed by atoms with E-state index in [2.05, 4.69) is 14.7 Å². The second kappa shape index (κ2) is 3.77. The quantitative estimate of drug-likeness (QED) is 0.725. The molecule has 1 aromatic carbocycles. The van der Waals surface area contributed by atoms with Crippen molar-refractivity contribution in [2.24, 2.45) is 0 Å². The first-order chi connectivity index (χ1) is 7.63. The highest BCUT2D eigenvalue weighted by Crippen LogP contribution is 2.14. The van der Waals surface area contributed by atoms with E-state index in [4.69, 9.17) is 0 Å². The number of methoxy groups -OCH3 is 1. The Morgan fingerprint density at radius 2 is 2.19 bits per heavy atom. The number of carbonyl (C=O) groups is 1. The minimum Gasteiger partial charge on any atom is -0.465 e. The van der Waals surface area contributed by atoms with E-state index in [-0.39, 0.29) is 5.56 Å². The van der Waals surface area contributed by atoms with Crippen molar-refractivity contribution in [3.63, 3.8) is 0 Å². The van der Waals surface area contributed by atoms with Crippen molar-refractivity contribution < 1.29 is 9.53 Å². The number of para-hydroxylation sites is 1. The molecule has 1 aromatic heterocycles. The fraction of sp³-hybridized carbons (Fsp3) is 0.182. The molecule has 0 aliphatic rings. The standard InChI is InChI=1S/C11H10N2O3/c1-6-10(14)13-8-5-3-4-7(9(8)12-6)11(15)16-2/h3-5H,1-2H3,(H,13,14). The van der Waals surface area contributed by atoms with Gasteiger partial charge in [0.05, 0.1) is 18.2 Å². The molecule has 1 heterocycles. The van der Waals surface area contributed by atoms with Crippen LogP contribution >= 0.6 is 0 Å². The molecule has 0 saturated carbocycles. The summed E-state index contributed by atoms with van der Waals surface area (Å²) in [6.45, 7) is 1.59. The minimum absolute atomic E-state index is 0.255. The van der Waals surface area contributed by atoms with Crippen LogP contribution in [0.4, 0.5) is 0 Å². The Kier molecular flexibility index (Phi) is 2.44. The number of nitrogens with one attached hydrogen (secondary N) is 1. The Bertz CT molecular complexity index is 616. The normalized spacial score (nSPS) is 10.4. The summed E-state index contributed by atoms with van der Waals surface area (Å²) in [6, 6.07) is 4.97. The van der Waals surface area contributed by atoms with Gasteiger partial charge in [-0.15, -0.1) is 0 Å². The summed E-state index contributed by atoms with van der Waals surface area (Å²) >= 11 is 0. The molecule has 0 amide bonds. The van der Waals surface area contributed by atoms with Crippen molar-refractivity contribution >= 4 is 17.0 Å². The zero-order valence-electron chi connectivity index (χ0n) is 8.90. The fourth-order valence-corrected chi connectivity index (χ4v) is 1.47. The number of rotatable bonds is 1. The number of H-pyrrole nitrogens is 1. The van der Waals surface area contributed by atoms with Gasteiger partial charge in [-0.2, -0.15) is 0 Å². The summed E-state index contributed by atoms with van der Waals surface area (Å²) in [5.41, 5.74) is 1.39. The smallest absolute Gasteiger partial charge is 0.340 e. The Morgan fingerprint density at radius 1 is 1.44 bits per heavy atom. The number of esters is 1. The molecule has 2 rings (SSSR count). The molecule has 1 N–H and O–H groups in total. The maximum absolute atomic E-state index is 11.5. The molecule has 0 bridgehead atoms. The molecule has 0 atom stereocenters. The van der Waals surface area contributed by atoms with Crippen LogP contribution in [0, 0.1) is 6.92 Å². The molecule has 0 aliphatic heterocycles. The van der Waals surface area contributed by atoms with Crippen LogP contribution in [0.1, 0.15) is 16.1 Å². The van der Waals surface area contributed by atoms with Crippen LogP contribution in [0.3, 0.4) is 0 Å². The molecule has 0 fully saturated rings. The van der Waals surface area contributed by atoms with E-state index in [1.165, 1.54) is 7.11 Å². The van der Waals surface area contributed by atoms with E-state index in [0.717, 1.165) is 0 Å². The van der Waals surface area contributed by atoms with Gasteiger partial charge in [-0.1, -0.05) is 6.07 Å². The van der Waals surface area contributed by atoms with Crippen molar-refractivity contribution in [2.75, 3.05) is 7.11 Å². The molecule has 2 aromatic rings. The molecular formula is C11H10N2O3. The average Bonchev–Trinajstić information content (AvgIpc) is 2.29. The van der Waals surface area contributed by atoms with Crippen LogP contribution < -0.4 is 5.56 Å². The predicted octanol–water partition coefficient (Wildman–Crippen LogP) is 1.02. The number of fused-ring (bicyclic) bond motifs is 1. The predicted molar refractivity (Wildman–Crippen MR) is 58.4 cm³/mol. The van der Waals surface area contributed by atoms with Gasteiger partial charge >= 0.3 is 5.97 Å². The molecule has 0 spiro atoms. The van der Waals surface area contributed by atoms with Gasteiger partial charge in [0.1, 0.15) is 11.2 Å². The maximum Gasteiger partial charge on any atom is 0.340 e. The van der Waals surface area contributed by atoms with Crippen molar-refractivity contribution in [1.29, 1.82) is 0 Å². The van der Waals surface area contributed by atoms with E-state index in [9.17, 15) is 9.59 Å². The Labute approximate surface area is 91.1 Å². The lowest BCUT2D eigenvalue weighted by Crippen LogP contribution is -2.13. The van der Waals surface area contributed by atoms with Crippen LogP contribution in [0.25, 0.3) is 11.0 Å². The summed E-state index contributed by atoms with van der Waals surface area (Å²) in [4.78, 5) is 29.6. The number of benzene rings is 1. The van der Waals surface area contributed by atoms with E-state index >= 15 is 0 Å². The zero-order valence-corrected chi connectivity index (χ0v) is 8.90. The molecule has 5 nitrogen and oxygen atoms in total. The fourth-order valence-electron chi connectivity index (χ4n) is 1.47. The van der Waals surface area contributed by atoms with Gasteiger partial charge in [0, 0.05) is 0 Å². The first kappa shape index (κ1) is 10.4. The van der Waals surface area contributed by atoms with Gasteiger partial charge in [-0.05, 0) is 19.1 Å². The molecule has 5 heteroatoms. The molecule has 0 unspecified atom stereocenters. The summed E-state index contributed by atoms with van der Waals surface area (Å²) in [7, 11) is 1.31. The van der Waals surface area contributed by atoms with Gasteiger partial charge in [0.2, 0.25) is 0 Å². The van der Waals surface area contributed by atoms with E-state index in [1.807, 2.05) is 0 Å². The third-order valence-electron chi connectivity index (χ3n) is 2.30. The van der Waals surface area contributed by atoms with Crippen LogP contribution in [-0.4, -0.2) is 23.0 Å². The zero-order chi connectivity index (χ0) is 11.7. The molecule has 16 heavy (non-hydrogen) atoms. The second-order valence-electron chi connectivity index (χ2n) is 3.34. The maximum atomic E-state index is 11.5. The van der Waals surface area contributed by atoms with Crippen LogP contribution in [0.5, 0.6) is 0 Å². The van der Waals surface area contributed by atoms with Crippen molar-refractivity contribution in [2.45, 2.75) is 6.92 Å². The van der Waals surface area contributed by atoms with Gasteiger partial charge in [-0.25, -0.2) is 9.78 Å². The van der Waals surface area contributed by atoms with E-state index in [0.29, 0.717) is 22.3 Å². The lowest BCUT2D eigenvalue weighted by atomic mass is 10.1. The highest BCUT2D eigenvalue weighted by atomic mass is 16.5. The lowest BCUT2D eigenvalue weighted by Gasteiger charge is -2.04. The molecule has 0 saturated heterocycles. The summed E-state index contributed by atoms with van der Waals surface area (Å²) in [5.74, 6) is -0.468. The van der Waals surface area contributed by atoms with Crippen molar-refractivity contribution in [3.05, 3.63) is 39.8 Å². The number of hydrogen-bond acceptors (Lipinski definition) is 4. The van der Waals surface area contributed by atoms with Crippen LogP contribution in [-0.2, 0) is 4.74 Å². The summed E-state index contributed by atoms with van der Waals surface area (Å²) < 4.78 is 4.64. The SMILES string of the molecule is COC(=O)c1cccc2[nH]c(=O)c(C)nc12. The number of aryl methyl sites for hydroxylation is 1. The highest BCUT2D eigenvalue weighted by molar-refractivity contribution is 6.01. The van der Waals surface area contributed by atoms with Gasteiger partial charge in [0.15, 0.2) is 0 Å². The summed E-state index contributed by atoms with van der Waals surface area (Å²) in [6.07, 6.45) is 0. The topological polar surface area (TPSA) is 72.1 Å². The Hall–Kier alpha value is -2.17. The number of aromatic nitrogens is 2. The Balaban J connectivity index is 2.82. The van der Waals surface area contributed by atoms with Gasteiger partial charge < -0.3 is 9.72 Å². The first-order valence-electron chi connectivity index (χ1n) is 4.71. The second-order valence-corrected chi connectivity index (χ2v) is 3.34. The van der Waals surface area contributed by atoms with Crippen molar-refractivity contribution in [1.82, 2.24) is 9.97 Å². The lowest BCUT2D eigenvalue weighted by molar-refractivity contribution is 0.0602. The average molecular weight is 218 g/mol. The number of hydrogen-bond donors (Lipinski definition) is 1. The van der Waals surface area contributed by atoms with Crippen molar-refractivity contribution in [3.8, 4) is 0 Å². The molecule has 0 radical (unpaired) electrons. The third-order valence-corrected chi connectivity index (χ3v) is 2.30. The molecule has 82 valence electrons. The Morgan fingerprint density at radius 3 is 2.88 bits per heavy atom. The van der Waals surface area contributed by atoms with Gasteiger partial charge in [-0.3, -0.25) is 4.79 Å². The summed E-state index contributed by atoms with van der Waals surface area (Å²) in [5, 5.41) is 0.